The molecule has 13 heteroatoms. The fraction of sp³-hybridized carbons (Fsp3) is 0.310. The molecular weight excluding hydrogens is 549 g/mol. The van der Waals surface area contributed by atoms with Crippen LogP contribution in [0.5, 0.6) is 0 Å². The number of hydrogen-bond donors (Lipinski definition) is 3. The molecule has 5 N–H and O–H groups in total. The second-order valence-electron chi connectivity index (χ2n) is 9.01. The summed E-state index contributed by atoms with van der Waals surface area (Å²) in [6.07, 6.45) is 3.97. The number of aldehydes is 1. The summed E-state index contributed by atoms with van der Waals surface area (Å²) in [6.45, 7) is 1.62. The van der Waals surface area contributed by atoms with Crippen LogP contribution < -0.4 is 16.8 Å². The Morgan fingerprint density at radius 1 is 1.07 bits per heavy atom. The topological polar surface area (TPSA) is 155 Å². The number of nitrogens with one attached hydrogen (secondary N) is 1. The number of pyridine rings is 1. The number of rotatable bonds is 4. The van der Waals surface area contributed by atoms with Crippen molar-refractivity contribution in [3.63, 3.8) is 0 Å². The van der Waals surface area contributed by atoms with Crippen molar-refractivity contribution in [2.75, 3.05) is 18.1 Å². The zero-order valence-corrected chi connectivity index (χ0v) is 23.2. The van der Waals surface area contributed by atoms with E-state index in [-0.39, 0.29) is 17.4 Å². The fourth-order valence-electron chi connectivity index (χ4n) is 4.48. The van der Waals surface area contributed by atoms with E-state index in [9.17, 15) is 22.8 Å². The van der Waals surface area contributed by atoms with Crippen molar-refractivity contribution in [2.24, 2.45) is 5.73 Å². The van der Waals surface area contributed by atoms with Crippen LogP contribution in [0.1, 0.15) is 61.0 Å². The van der Waals surface area contributed by atoms with Crippen molar-refractivity contribution in [3.8, 4) is 23.1 Å². The van der Waals surface area contributed by atoms with Gasteiger partial charge in [0, 0.05) is 17.3 Å². The fourth-order valence-corrected chi connectivity index (χ4v) is 4.48. The van der Waals surface area contributed by atoms with E-state index in [2.05, 4.69) is 37.8 Å². The number of benzene rings is 1. The van der Waals surface area contributed by atoms with E-state index in [0.29, 0.717) is 28.8 Å². The number of halogens is 3. The summed E-state index contributed by atoms with van der Waals surface area (Å²) in [5.74, 6) is 4.14. The van der Waals surface area contributed by atoms with Gasteiger partial charge in [0.25, 0.3) is 5.91 Å². The number of carbonyl (C=O) groups is 2. The van der Waals surface area contributed by atoms with Gasteiger partial charge in [-0.3, -0.25) is 9.59 Å². The van der Waals surface area contributed by atoms with Gasteiger partial charge < -0.3 is 16.8 Å². The first-order valence-electron chi connectivity index (χ1n) is 13.1. The third-order valence-electron chi connectivity index (χ3n) is 6.39. The van der Waals surface area contributed by atoms with E-state index in [1.165, 1.54) is 19.8 Å². The van der Waals surface area contributed by atoms with Gasteiger partial charge in [0.1, 0.15) is 23.7 Å². The quantitative estimate of drug-likeness (QED) is 0.224. The number of carbonyl (C=O) groups excluding carboxylic acids is 2. The van der Waals surface area contributed by atoms with Crippen LogP contribution in [0, 0.1) is 11.8 Å². The first-order chi connectivity index (χ1) is 20.2. The smallest absolute Gasteiger partial charge is 0.383 e. The Balaban J connectivity index is 0.000000627. The number of anilines is 2. The third kappa shape index (κ3) is 7.67. The summed E-state index contributed by atoms with van der Waals surface area (Å²) in [7, 11) is 1.50. The van der Waals surface area contributed by atoms with Gasteiger partial charge in [-0.15, -0.1) is 0 Å². The van der Waals surface area contributed by atoms with E-state index in [1.807, 2.05) is 4.68 Å². The number of fused-ring (bicyclic) bond motifs is 1. The summed E-state index contributed by atoms with van der Waals surface area (Å²) in [6, 6.07) is 8.45. The van der Waals surface area contributed by atoms with E-state index >= 15 is 0 Å². The number of nitrogens with zero attached hydrogens (tertiary/aromatic N) is 5. The first kappa shape index (κ1) is 31.7. The van der Waals surface area contributed by atoms with Crippen LogP contribution in [0.25, 0.3) is 22.3 Å². The molecule has 0 aliphatic heterocycles. The van der Waals surface area contributed by atoms with Crippen LogP contribution in [-0.4, -0.2) is 44.0 Å². The molecule has 0 bridgehead atoms. The number of nitrogen functional groups attached to an aromatic ring is 1. The third-order valence-corrected chi connectivity index (χ3v) is 6.39. The average Bonchev–Trinajstić information content (AvgIpc) is 3.40. The Hall–Kier alpha value is -4.83. The number of alkyl halides is 3. The zero-order valence-electron chi connectivity index (χ0n) is 23.2. The SMILES string of the molecule is CC#CC=O.CN.Nc1ncnc2c1c(-c1ccc(C(=O)Nc3cc(C(F)(F)F)ccn3)cc1)nn2C1CCCCC1. The lowest BCUT2D eigenvalue weighted by molar-refractivity contribution is -0.137. The molecule has 1 aromatic carbocycles. The molecule has 1 amide bonds. The van der Waals surface area contributed by atoms with Gasteiger partial charge in [-0.05, 0) is 57.0 Å². The molecule has 0 saturated heterocycles. The van der Waals surface area contributed by atoms with Crippen LogP contribution >= 0.6 is 0 Å². The van der Waals surface area contributed by atoms with Gasteiger partial charge in [-0.25, -0.2) is 19.6 Å². The number of amides is 1. The molecule has 0 spiro atoms. The molecule has 5 rings (SSSR count). The summed E-state index contributed by atoms with van der Waals surface area (Å²) < 4.78 is 40.7. The Morgan fingerprint density at radius 2 is 1.76 bits per heavy atom. The average molecular weight is 581 g/mol. The molecule has 10 nitrogen and oxygen atoms in total. The number of hydrogen-bond acceptors (Lipinski definition) is 8. The minimum absolute atomic E-state index is 0.184. The standard InChI is InChI=1S/C24H22F3N7O.C4H4O.CH5N/c25-24(26,27)16-10-11-29-18(12-16)32-23(35)15-8-6-14(7-9-15)20-19-21(28)30-13-31-22(19)34(33-20)17-4-2-1-3-5-17;1-2-3-4-5;1-2/h6-13,17H,1-5H2,(H2,28,30,31)(H,29,32,35);4H,1H3;2H2,1H3. The van der Waals surface area contributed by atoms with Crippen LogP contribution in [0.4, 0.5) is 24.8 Å². The summed E-state index contributed by atoms with van der Waals surface area (Å²) in [5, 5.41) is 7.90. The predicted molar refractivity (Wildman–Crippen MR) is 154 cm³/mol. The maximum absolute atomic E-state index is 12.9. The Labute approximate surface area is 240 Å². The number of nitrogens with two attached hydrogens (primary N) is 2. The highest BCUT2D eigenvalue weighted by molar-refractivity contribution is 6.04. The van der Waals surface area contributed by atoms with Crippen molar-refractivity contribution >= 4 is 34.9 Å². The Morgan fingerprint density at radius 3 is 2.36 bits per heavy atom. The maximum atomic E-state index is 12.9. The van der Waals surface area contributed by atoms with Gasteiger partial charge >= 0.3 is 6.18 Å². The normalized spacial score (nSPS) is 13.0. The molecule has 1 fully saturated rings. The Kier molecular flexibility index (Phi) is 11.1. The zero-order chi connectivity index (χ0) is 30.7. The largest absolute Gasteiger partial charge is 0.416 e. The second kappa shape index (κ2) is 14.7. The summed E-state index contributed by atoms with van der Waals surface area (Å²) >= 11 is 0. The van der Waals surface area contributed by atoms with Gasteiger partial charge in [-0.1, -0.05) is 37.3 Å². The van der Waals surface area contributed by atoms with E-state index in [4.69, 9.17) is 10.8 Å². The Bertz CT molecular complexity index is 1570. The monoisotopic (exact) mass is 580 g/mol. The lowest BCUT2D eigenvalue weighted by Crippen LogP contribution is -2.14. The lowest BCUT2D eigenvalue weighted by atomic mass is 9.96. The minimum Gasteiger partial charge on any atom is -0.383 e. The highest BCUT2D eigenvalue weighted by atomic mass is 19.4. The van der Waals surface area contributed by atoms with E-state index in [1.54, 1.807) is 31.2 Å². The molecule has 0 unspecified atom stereocenters. The van der Waals surface area contributed by atoms with E-state index in [0.717, 1.165) is 49.6 Å². The molecule has 3 heterocycles. The van der Waals surface area contributed by atoms with Crippen molar-refractivity contribution in [1.82, 2.24) is 24.7 Å². The van der Waals surface area contributed by atoms with Crippen LogP contribution in [0.2, 0.25) is 0 Å². The van der Waals surface area contributed by atoms with Crippen molar-refractivity contribution in [1.29, 1.82) is 0 Å². The molecule has 1 aliphatic rings. The molecule has 42 heavy (non-hydrogen) atoms. The molecule has 4 aromatic rings. The molecule has 1 aliphatic carbocycles. The van der Waals surface area contributed by atoms with Crippen molar-refractivity contribution in [3.05, 3.63) is 60.0 Å². The molecule has 0 radical (unpaired) electrons. The first-order valence-corrected chi connectivity index (χ1v) is 13.1. The minimum atomic E-state index is -4.53. The highest BCUT2D eigenvalue weighted by Crippen LogP contribution is 2.36. The van der Waals surface area contributed by atoms with Crippen molar-refractivity contribution < 1.29 is 22.8 Å². The number of aromatic nitrogens is 5. The molecule has 0 atom stereocenters. The molecule has 220 valence electrons. The second-order valence-corrected chi connectivity index (χ2v) is 9.01. The van der Waals surface area contributed by atoms with E-state index < -0.39 is 17.6 Å². The van der Waals surface area contributed by atoms with Gasteiger partial charge in [0.05, 0.1) is 17.0 Å². The summed E-state index contributed by atoms with van der Waals surface area (Å²) in [4.78, 5) is 34.2. The maximum Gasteiger partial charge on any atom is 0.416 e. The highest BCUT2D eigenvalue weighted by Gasteiger charge is 2.31. The predicted octanol–water partition coefficient (Wildman–Crippen LogP) is 5.03. The molecular formula is C29H31F3N8O2. The van der Waals surface area contributed by atoms with Gasteiger partial charge in [0.2, 0.25) is 0 Å². The van der Waals surface area contributed by atoms with Gasteiger partial charge in [0.15, 0.2) is 11.9 Å². The van der Waals surface area contributed by atoms with Gasteiger partial charge in [-0.2, -0.15) is 18.3 Å². The van der Waals surface area contributed by atoms with Crippen LogP contribution in [0.3, 0.4) is 0 Å². The van der Waals surface area contributed by atoms with Crippen LogP contribution in [-0.2, 0) is 11.0 Å². The lowest BCUT2D eigenvalue weighted by Gasteiger charge is -2.22. The van der Waals surface area contributed by atoms with Crippen molar-refractivity contribution in [2.45, 2.75) is 51.2 Å². The molecule has 1 saturated carbocycles. The molecule has 3 aromatic heterocycles. The summed E-state index contributed by atoms with van der Waals surface area (Å²) in [5.41, 5.74) is 12.1. The van der Waals surface area contributed by atoms with Crippen LogP contribution in [0.15, 0.2) is 48.9 Å².